The number of benzene rings is 1. The van der Waals surface area contributed by atoms with Crippen molar-refractivity contribution in [1.82, 2.24) is 5.32 Å². The molecule has 0 radical (unpaired) electrons. The fraction of sp³-hybridized carbons (Fsp3) is 0.611. The van der Waals surface area contributed by atoms with Gasteiger partial charge in [-0.3, -0.25) is 4.79 Å². The summed E-state index contributed by atoms with van der Waals surface area (Å²) in [7, 11) is 0. The molecular weight excluding hydrogens is 296 g/mol. The first kappa shape index (κ1) is 17.3. The Balaban J connectivity index is 0.00000176. The molecule has 0 saturated heterocycles. The van der Waals surface area contributed by atoms with Gasteiger partial charge in [0.1, 0.15) is 0 Å². The first-order valence-corrected chi connectivity index (χ1v) is 8.32. The molecule has 3 nitrogen and oxygen atoms in total. The second-order valence-corrected chi connectivity index (χ2v) is 6.68. The van der Waals surface area contributed by atoms with Crippen molar-refractivity contribution < 1.29 is 4.79 Å². The number of carbonyl (C=O) groups excluding carboxylic acids is 1. The summed E-state index contributed by atoms with van der Waals surface area (Å²) in [5, 5.41) is 3.34. The minimum atomic E-state index is 0. The highest BCUT2D eigenvalue weighted by molar-refractivity contribution is 5.85. The van der Waals surface area contributed by atoms with Crippen LogP contribution in [0.4, 0.5) is 0 Å². The van der Waals surface area contributed by atoms with Crippen molar-refractivity contribution in [2.75, 3.05) is 6.54 Å². The highest BCUT2D eigenvalue weighted by Crippen LogP contribution is 2.36. The molecule has 1 unspecified atom stereocenters. The Labute approximate surface area is 139 Å². The van der Waals surface area contributed by atoms with Gasteiger partial charge in [0.05, 0.1) is 0 Å². The summed E-state index contributed by atoms with van der Waals surface area (Å²) < 4.78 is 0. The van der Waals surface area contributed by atoms with Crippen LogP contribution in [-0.4, -0.2) is 18.5 Å². The molecule has 4 heteroatoms. The Morgan fingerprint density at radius 3 is 2.55 bits per heavy atom. The molecule has 1 amide bonds. The fourth-order valence-electron chi connectivity index (χ4n) is 3.66. The smallest absolute Gasteiger partial charge is 0.223 e. The quantitative estimate of drug-likeness (QED) is 0.846. The second kappa shape index (κ2) is 7.98. The highest BCUT2D eigenvalue weighted by Gasteiger charge is 2.36. The van der Waals surface area contributed by atoms with Gasteiger partial charge in [-0.15, -0.1) is 12.4 Å². The molecule has 3 rings (SSSR count). The van der Waals surface area contributed by atoms with Crippen molar-refractivity contribution >= 4 is 18.3 Å². The maximum Gasteiger partial charge on any atom is 0.223 e. The van der Waals surface area contributed by atoms with Crippen LogP contribution in [-0.2, 0) is 11.2 Å². The summed E-state index contributed by atoms with van der Waals surface area (Å²) in [4.78, 5) is 12.6. The lowest BCUT2D eigenvalue weighted by molar-refractivity contribution is -0.126. The second-order valence-electron chi connectivity index (χ2n) is 6.68. The molecule has 22 heavy (non-hydrogen) atoms. The predicted octanol–water partition coefficient (Wildman–Crippen LogP) is 2.92. The summed E-state index contributed by atoms with van der Waals surface area (Å²) in [5.74, 6) is 1.45. The van der Waals surface area contributed by atoms with E-state index in [4.69, 9.17) is 5.73 Å². The number of hydrogen-bond donors (Lipinski definition) is 2. The van der Waals surface area contributed by atoms with Crippen LogP contribution in [0, 0.1) is 17.8 Å². The topological polar surface area (TPSA) is 55.1 Å². The number of halogens is 1. The van der Waals surface area contributed by atoms with Crippen LogP contribution in [0.5, 0.6) is 0 Å². The van der Waals surface area contributed by atoms with Gasteiger partial charge in [0, 0.05) is 12.0 Å². The van der Waals surface area contributed by atoms with Crippen LogP contribution in [0.1, 0.15) is 37.7 Å². The van der Waals surface area contributed by atoms with Crippen LogP contribution >= 0.6 is 12.4 Å². The molecule has 3 atom stereocenters. The molecule has 0 bridgehead atoms. The van der Waals surface area contributed by atoms with Crippen molar-refractivity contribution in [2.45, 2.75) is 44.6 Å². The van der Waals surface area contributed by atoms with E-state index in [1.54, 1.807) is 0 Å². The lowest BCUT2D eigenvalue weighted by Gasteiger charge is -2.23. The Bertz CT molecular complexity index is 475. The number of rotatable bonds is 6. The van der Waals surface area contributed by atoms with Crippen LogP contribution in [0.25, 0.3) is 0 Å². The maximum atomic E-state index is 12.6. The number of carbonyl (C=O) groups is 1. The number of nitrogens with one attached hydrogen (secondary N) is 1. The minimum Gasteiger partial charge on any atom is -0.353 e. The molecule has 1 aromatic rings. The van der Waals surface area contributed by atoms with Crippen molar-refractivity contribution in [1.29, 1.82) is 0 Å². The van der Waals surface area contributed by atoms with Gasteiger partial charge in [-0.25, -0.2) is 0 Å². The van der Waals surface area contributed by atoms with Gasteiger partial charge in [-0.2, -0.15) is 0 Å². The van der Waals surface area contributed by atoms with Crippen LogP contribution < -0.4 is 11.1 Å². The normalized spacial score (nSPS) is 25.3. The van der Waals surface area contributed by atoms with Gasteiger partial charge in [0.2, 0.25) is 5.91 Å². The average Bonchev–Trinajstić information content (AvgIpc) is 3.24. The van der Waals surface area contributed by atoms with Gasteiger partial charge in [-0.1, -0.05) is 36.8 Å². The zero-order chi connectivity index (χ0) is 14.7. The van der Waals surface area contributed by atoms with E-state index in [9.17, 15) is 4.79 Å². The molecule has 2 aliphatic carbocycles. The van der Waals surface area contributed by atoms with E-state index in [1.807, 2.05) is 6.07 Å². The zero-order valence-electron chi connectivity index (χ0n) is 13.0. The van der Waals surface area contributed by atoms with Gasteiger partial charge < -0.3 is 11.1 Å². The zero-order valence-corrected chi connectivity index (χ0v) is 13.9. The number of amides is 1. The molecule has 2 fully saturated rings. The highest BCUT2D eigenvalue weighted by atomic mass is 35.5. The van der Waals surface area contributed by atoms with Gasteiger partial charge in [-0.05, 0) is 56.0 Å². The van der Waals surface area contributed by atoms with Crippen LogP contribution in [0.2, 0.25) is 0 Å². The standard InChI is InChI=1S/C18H26N2O.ClH/c19-12-15-7-4-8-16(15)18(21)20-17(14-9-10-14)11-13-5-2-1-3-6-13;/h1-3,5-6,14-17H,4,7-12,19H2,(H,20,21);1H/t15-,16-,17?;/m1./s1. The van der Waals surface area contributed by atoms with E-state index in [0.717, 1.165) is 25.7 Å². The third-order valence-corrected chi connectivity index (χ3v) is 5.12. The van der Waals surface area contributed by atoms with Crippen LogP contribution in [0.15, 0.2) is 30.3 Å². The van der Waals surface area contributed by atoms with Crippen molar-refractivity contribution in [3.8, 4) is 0 Å². The number of nitrogens with two attached hydrogens (primary N) is 1. The molecule has 0 heterocycles. The predicted molar refractivity (Wildman–Crippen MR) is 91.9 cm³/mol. The van der Waals surface area contributed by atoms with E-state index in [1.165, 1.54) is 18.4 Å². The summed E-state index contributed by atoms with van der Waals surface area (Å²) in [6.07, 6.45) is 6.73. The summed E-state index contributed by atoms with van der Waals surface area (Å²) in [5.41, 5.74) is 7.12. The third kappa shape index (κ3) is 4.23. The summed E-state index contributed by atoms with van der Waals surface area (Å²) in [6, 6.07) is 10.8. The molecule has 0 aliphatic heterocycles. The Morgan fingerprint density at radius 2 is 1.91 bits per heavy atom. The molecule has 3 N–H and O–H groups in total. The van der Waals surface area contributed by atoms with Crippen molar-refractivity contribution in [3.05, 3.63) is 35.9 Å². The van der Waals surface area contributed by atoms with E-state index in [2.05, 4.69) is 29.6 Å². The Morgan fingerprint density at radius 1 is 1.18 bits per heavy atom. The van der Waals surface area contributed by atoms with Gasteiger partial charge in [0.25, 0.3) is 0 Å². The van der Waals surface area contributed by atoms with Gasteiger partial charge >= 0.3 is 0 Å². The molecule has 1 aromatic carbocycles. The van der Waals surface area contributed by atoms with E-state index < -0.39 is 0 Å². The monoisotopic (exact) mass is 322 g/mol. The Kier molecular flexibility index (Phi) is 6.27. The molecule has 2 aliphatic rings. The summed E-state index contributed by atoms with van der Waals surface area (Å²) >= 11 is 0. The average molecular weight is 323 g/mol. The van der Waals surface area contributed by atoms with E-state index in [-0.39, 0.29) is 24.2 Å². The fourth-order valence-corrected chi connectivity index (χ4v) is 3.66. The Hall–Kier alpha value is -1.06. The number of hydrogen-bond acceptors (Lipinski definition) is 2. The van der Waals surface area contributed by atoms with Gasteiger partial charge in [0.15, 0.2) is 0 Å². The third-order valence-electron chi connectivity index (χ3n) is 5.12. The lowest BCUT2D eigenvalue weighted by atomic mass is 9.94. The van der Waals surface area contributed by atoms with E-state index in [0.29, 0.717) is 24.4 Å². The molecule has 2 saturated carbocycles. The summed E-state index contributed by atoms with van der Waals surface area (Å²) in [6.45, 7) is 0.644. The lowest BCUT2D eigenvalue weighted by Crippen LogP contribution is -2.43. The first-order valence-electron chi connectivity index (χ1n) is 8.32. The minimum absolute atomic E-state index is 0. The van der Waals surface area contributed by atoms with Crippen molar-refractivity contribution in [3.63, 3.8) is 0 Å². The molecule has 122 valence electrons. The van der Waals surface area contributed by atoms with Crippen molar-refractivity contribution in [2.24, 2.45) is 23.5 Å². The SMILES string of the molecule is Cl.NC[C@H]1CCC[C@H]1C(=O)NC(Cc1ccccc1)C1CC1. The molecule has 0 aromatic heterocycles. The maximum absolute atomic E-state index is 12.6. The van der Waals surface area contributed by atoms with Crippen LogP contribution in [0.3, 0.4) is 0 Å². The largest absolute Gasteiger partial charge is 0.353 e. The first-order chi connectivity index (χ1) is 10.3. The molecular formula is C18H27ClN2O. The van der Waals surface area contributed by atoms with E-state index >= 15 is 0 Å². The molecule has 0 spiro atoms.